The highest BCUT2D eigenvalue weighted by molar-refractivity contribution is 7.84. The second kappa shape index (κ2) is 6.61. The van der Waals surface area contributed by atoms with Crippen LogP contribution < -0.4 is 10.5 Å². The van der Waals surface area contributed by atoms with E-state index >= 15 is 0 Å². The third-order valence-electron chi connectivity index (χ3n) is 2.91. The number of hydrogen-bond acceptors (Lipinski definition) is 4. The van der Waals surface area contributed by atoms with Gasteiger partial charge in [0.1, 0.15) is 5.75 Å². The molecule has 0 aliphatic carbocycles. The monoisotopic (exact) mass is 320 g/mol. The zero-order valence-corrected chi connectivity index (χ0v) is 12.9. The molecule has 6 heteroatoms. The van der Waals surface area contributed by atoms with E-state index in [9.17, 15) is 4.21 Å². The first-order valence-corrected chi connectivity index (χ1v) is 7.75. The largest absolute Gasteiger partial charge is 0.496 e. The third kappa shape index (κ3) is 3.54. The molecule has 0 saturated heterocycles. The summed E-state index contributed by atoms with van der Waals surface area (Å²) in [5, 5.41) is 9.45. The smallest absolute Gasteiger partial charge is 0.123 e. The summed E-state index contributed by atoms with van der Waals surface area (Å²) in [4.78, 5) is 0.517. The van der Waals surface area contributed by atoms with Crippen LogP contribution in [0.3, 0.4) is 0 Å². The van der Waals surface area contributed by atoms with Gasteiger partial charge in [0.05, 0.1) is 40.2 Å². The molecule has 0 heterocycles. The topological polar surface area (TPSA) is 76.1 Å². The summed E-state index contributed by atoms with van der Waals surface area (Å²) < 4.78 is 17.7. The maximum Gasteiger partial charge on any atom is 0.123 e. The molecule has 0 saturated carbocycles. The van der Waals surface area contributed by atoms with E-state index in [0.717, 1.165) is 0 Å². The van der Waals surface area contributed by atoms with Gasteiger partial charge in [-0.2, -0.15) is 5.26 Å². The minimum Gasteiger partial charge on any atom is -0.496 e. The quantitative estimate of drug-likeness (QED) is 0.878. The molecule has 0 aliphatic rings. The molecule has 0 aromatic heterocycles. The van der Waals surface area contributed by atoms with Gasteiger partial charge in [0.2, 0.25) is 0 Å². The van der Waals surface area contributed by atoms with Crippen LogP contribution >= 0.6 is 11.6 Å². The zero-order chi connectivity index (χ0) is 15.4. The third-order valence-corrected chi connectivity index (χ3v) is 4.58. The van der Waals surface area contributed by atoms with Crippen LogP contribution in [0, 0.1) is 11.3 Å². The fourth-order valence-electron chi connectivity index (χ4n) is 1.91. The van der Waals surface area contributed by atoms with Crippen molar-refractivity contribution < 1.29 is 8.95 Å². The van der Waals surface area contributed by atoms with E-state index in [1.807, 2.05) is 0 Å². The second-order valence-electron chi connectivity index (χ2n) is 4.31. The molecule has 1 unspecified atom stereocenters. The molecule has 0 radical (unpaired) electrons. The number of hydrogen-bond donors (Lipinski definition) is 1. The van der Waals surface area contributed by atoms with E-state index in [1.165, 1.54) is 7.11 Å². The Kier molecular flexibility index (Phi) is 4.84. The number of nitrogens with zero attached hydrogens (tertiary/aromatic N) is 1. The number of benzene rings is 2. The van der Waals surface area contributed by atoms with Gasteiger partial charge < -0.3 is 10.5 Å². The summed E-state index contributed by atoms with van der Waals surface area (Å²) in [5.41, 5.74) is 7.42. The Morgan fingerprint density at radius 1 is 1.33 bits per heavy atom. The lowest BCUT2D eigenvalue weighted by atomic mass is 10.1. The molecule has 0 fully saturated rings. The maximum atomic E-state index is 12.5. The van der Waals surface area contributed by atoms with Gasteiger partial charge >= 0.3 is 0 Å². The number of methoxy groups -OCH3 is 1. The van der Waals surface area contributed by atoms with Crippen molar-refractivity contribution in [1.29, 1.82) is 5.26 Å². The molecule has 2 aromatic carbocycles. The Morgan fingerprint density at radius 2 is 2.10 bits per heavy atom. The summed E-state index contributed by atoms with van der Waals surface area (Å²) in [6.07, 6.45) is 0. The van der Waals surface area contributed by atoms with Crippen LogP contribution in [0.2, 0.25) is 5.02 Å². The molecule has 0 amide bonds. The van der Waals surface area contributed by atoms with Crippen LogP contribution in [0.1, 0.15) is 11.1 Å². The van der Waals surface area contributed by atoms with E-state index < -0.39 is 10.8 Å². The first-order chi connectivity index (χ1) is 10.0. The van der Waals surface area contributed by atoms with E-state index in [2.05, 4.69) is 6.07 Å². The van der Waals surface area contributed by atoms with Crippen molar-refractivity contribution in [3.8, 4) is 11.8 Å². The fraction of sp³-hybridized carbons (Fsp3) is 0.133. The molecule has 0 aliphatic heterocycles. The maximum absolute atomic E-state index is 12.5. The zero-order valence-electron chi connectivity index (χ0n) is 11.3. The highest BCUT2D eigenvalue weighted by Crippen LogP contribution is 2.26. The lowest BCUT2D eigenvalue weighted by Gasteiger charge is -2.10. The molecule has 4 nitrogen and oxygen atoms in total. The van der Waals surface area contributed by atoms with Crippen LogP contribution in [0.15, 0.2) is 41.3 Å². The number of nitriles is 1. The summed E-state index contributed by atoms with van der Waals surface area (Å²) >= 11 is 5.83. The predicted octanol–water partition coefficient (Wildman–Crippen LogP) is 3.11. The molecule has 108 valence electrons. The number of nitrogens with two attached hydrogens (primary N) is 1. The normalized spacial score (nSPS) is 11.7. The average molecular weight is 321 g/mol. The minimum absolute atomic E-state index is 0.213. The lowest BCUT2D eigenvalue weighted by molar-refractivity contribution is 0.411. The molecule has 21 heavy (non-hydrogen) atoms. The standard InChI is InChI=1S/C15H13ClN2O2S/c1-20-14-4-2-10(8-17)6-11(14)9-21(19)15-5-3-12(16)7-13(15)18/h2-7H,9,18H2,1H3. The molecule has 2 rings (SSSR count). The van der Waals surface area contributed by atoms with Gasteiger partial charge in [-0.1, -0.05) is 11.6 Å². The van der Waals surface area contributed by atoms with Gasteiger partial charge in [-0.15, -0.1) is 0 Å². The average Bonchev–Trinajstić information content (AvgIpc) is 2.46. The Balaban J connectivity index is 2.33. The summed E-state index contributed by atoms with van der Waals surface area (Å²) in [6.45, 7) is 0. The number of halogens is 1. The van der Waals surface area contributed by atoms with Crippen molar-refractivity contribution in [2.45, 2.75) is 10.6 Å². The van der Waals surface area contributed by atoms with Gasteiger partial charge in [0.25, 0.3) is 0 Å². The molecule has 0 bridgehead atoms. The van der Waals surface area contributed by atoms with Gasteiger partial charge in [-0.25, -0.2) is 0 Å². The van der Waals surface area contributed by atoms with E-state index in [-0.39, 0.29) is 5.75 Å². The van der Waals surface area contributed by atoms with Gasteiger partial charge in [-0.3, -0.25) is 4.21 Å². The number of ether oxygens (including phenoxy) is 1. The SMILES string of the molecule is COc1ccc(C#N)cc1CS(=O)c1ccc(Cl)cc1N. The molecule has 0 spiro atoms. The molecule has 2 N–H and O–H groups in total. The predicted molar refractivity (Wildman–Crippen MR) is 83.7 cm³/mol. The van der Waals surface area contributed by atoms with Crippen LogP contribution in [0.5, 0.6) is 5.75 Å². The van der Waals surface area contributed by atoms with Crippen molar-refractivity contribution >= 4 is 28.1 Å². The van der Waals surface area contributed by atoms with Crippen molar-refractivity contribution in [1.82, 2.24) is 0 Å². The van der Waals surface area contributed by atoms with Gasteiger partial charge in [0, 0.05) is 16.3 Å². The van der Waals surface area contributed by atoms with Crippen LogP contribution in [-0.2, 0) is 16.6 Å². The first-order valence-electron chi connectivity index (χ1n) is 6.05. The van der Waals surface area contributed by atoms with E-state index in [4.69, 9.17) is 27.3 Å². The van der Waals surface area contributed by atoms with Crippen LogP contribution in [-0.4, -0.2) is 11.3 Å². The molecular formula is C15H13ClN2O2S. The summed E-state index contributed by atoms with van der Waals surface area (Å²) in [5.74, 6) is 0.805. The number of nitrogen functional groups attached to an aromatic ring is 1. The Bertz CT molecular complexity index is 741. The first kappa shape index (κ1) is 15.4. The van der Waals surface area contributed by atoms with Crippen LogP contribution in [0.4, 0.5) is 5.69 Å². The van der Waals surface area contributed by atoms with Crippen molar-refractivity contribution in [3.05, 3.63) is 52.5 Å². The van der Waals surface area contributed by atoms with Crippen molar-refractivity contribution in [3.63, 3.8) is 0 Å². The Morgan fingerprint density at radius 3 is 2.71 bits per heavy atom. The fourth-order valence-corrected chi connectivity index (χ4v) is 3.29. The Hall–Kier alpha value is -2.03. The minimum atomic E-state index is -1.35. The van der Waals surface area contributed by atoms with Crippen LogP contribution in [0.25, 0.3) is 0 Å². The lowest BCUT2D eigenvalue weighted by Crippen LogP contribution is -2.02. The van der Waals surface area contributed by atoms with Crippen molar-refractivity contribution in [2.75, 3.05) is 12.8 Å². The number of anilines is 1. The molecular weight excluding hydrogens is 308 g/mol. The number of rotatable bonds is 4. The summed E-state index contributed by atoms with van der Waals surface area (Å²) in [6, 6.07) is 11.9. The Labute approximate surface area is 130 Å². The highest BCUT2D eigenvalue weighted by atomic mass is 35.5. The van der Waals surface area contributed by atoms with E-state index in [0.29, 0.717) is 32.5 Å². The summed E-state index contributed by atoms with van der Waals surface area (Å²) in [7, 11) is 0.183. The molecule has 2 aromatic rings. The van der Waals surface area contributed by atoms with Gasteiger partial charge in [0.15, 0.2) is 0 Å². The highest BCUT2D eigenvalue weighted by Gasteiger charge is 2.13. The second-order valence-corrected chi connectivity index (χ2v) is 6.17. The molecule has 1 atom stereocenters. The van der Waals surface area contributed by atoms with Crippen molar-refractivity contribution in [2.24, 2.45) is 0 Å². The van der Waals surface area contributed by atoms with E-state index in [1.54, 1.807) is 36.4 Å². The van der Waals surface area contributed by atoms with Gasteiger partial charge in [-0.05, 0) is 36.4 Å².